The van der Waals surface area contributed by atoms with Gasteiger partial charge in [-0.3, -0.25) is 9.59 Å². The summed E-state index contributed by atoms with van der Waals surface area (Å²) in [6.07, 6.45) is 10.9. The molecule has 1 saturated heterocycles. The lowest BCUT2D eigenvalue weighted by Gasteiger charge is -2.40. The van der Waals surface area contributed by atoms with Crippen LogP contribution in [0.4, 0.5) is 5.69 Å². The van der Waals surface area contributed by atoms with E-state index in [0.29, 0.717) is 38.8 Å². The lowest BCUT2D eigenvalue weighted by Crippen LogP contribution is -2.49. The van der Waals surface area contributed by atoms with Gasteiger partial charge < -0.3 is 10.2 Å². The number of benzene rings is 2. The zero-order valence-electron chi connectivity index (χ0n) is 20.2. The van der Waals surface area contributed by atoms with Crippen LogP contribution in [-0.4, -0.2) is 29.8 Å². The van der Waals surface area contributed by atoms with Gasteiger partial charge in [-0.15, -0.1) is 0 Å². The molecule has 1 aliphatic heterocycles. The fourth-order valence-electron chi connectivity index (χ4n) is 6.07. The molecule has 1 fully saturated rings. The molecule has 0 radical (unpaired) electrons. The topological polar surface area (TPSA) is 73.2 Å². The van der Waals surface area contributed by atoms with Gasteiger partial charge in [0.15, 0.2) is 0 Å². The number of carbonyl (C=O) groups is 2. The van der Waals surface area contributed by atoms with E-state index in [1.807, 2.05) is 59.5 Å². The lowest BCUT2D eigenvalue weighted by atomic mass is 9.73. The maximum Gasteiger partial charge on any atom is 0.228 e. The monoisotopic (exact) mass is 467 g/mol. The Kier molecular flexibility index (Phi) is 6.72. The number of nitriles is 1. The van der Waals surface area contributed by atoms with Crippen LogP contribution in [0.2, 0.25) is 0 Å². The minimum absolute atomic E-state index is 0.0455. The normalized spacial score (nSPS) is 23.1. The molecule has 180 valence electrons. The number of amides is 2. The van der Waals surface area contributed by atoms with Crippen LogP contribution in [-0.2, 0) is 27.8 Å². The first-order valence-corrected chi connectivity index (χ1v) is 12.9. The molecule has 5 rings (SSSR count). The summed E-state index contributed by atoms with van der Waals surface area (Å²) in [7, 11) is 0. The second-order valence-electron chi connectivity index (χ2n) is 10.2. The van der Waals surface area contributed by atoms with Gasteiger partial charge in [0, 0.05) is 18.8 Å². The van der Waals surface area contributed by atoms with E-state index in [4.69, 9.17) is 0 Å². The van der Waals surface area contributed by atoms with Crippen molar-refractivity contribution in [3.8, 4) is 6.07 Å². The Balaban J connectivity index is 1.28. The molecule has 5 heteroatoms. The summed E-state index contributed by atoms with van der Waals surface area (Å²) in [5.41, 5.74) is 3.98. The SMILES string of the molecule is N#CC1(c2ccccc2)CCN(C(=O)C2CC=CCC2C(=O)Nc2cccc3c2CCCC3)CC1. The highest BCUT2D eigenvalue weighted by Crippen LogP contribution is 2.37. The van der Waals surface area contributed by atoms with Crippen molar-refractivity contribution in [1.82, 2.24) is 4.90 Å². The van der Waals surface area contributed by atoms with Crippen molar-refractivity contribution in [1.29, 1.82) is 5.26 Å². The van der Waals surface area contributed by atoms with Gasteiger partial charge >= 0.3 is 0 Å². The molecule has 2 aromatic carbocycles. The average Bonchev–Trinajstić information content (AvgIpc) is 2.93. The highest BCUT2D eigenvalue weighted by molar-refractivity contribution is 5.97. The van der Waals surface area contributed by atoms with Crippen LogP contribution >= 0.6 is 0 Å². The first-order valence-electron chi connectivity index (χ1n) is 12.9. The Morgan fingerprint density at radius 3 is 2.37 bits per heavy atom. The molecule has 0 saturated carbocycles. The van der Waals surface area contributed by atoms with Crippen LogP contribution in [0.5, 0.6) is 0 Å². The number of likely N-dealkylation sites (tertiary alicyclic amines) is 1. The van der Waals surface area contributed by atoms with Gasteiger partial charge in [0.1, 0.15) is 0 Å². The van der Waals surface area contributed by atoms with Crippen molar-refractivity contribution in [2.75, 3.05) is 18.4 Å². The number of hydrogen-bond acceptors (Lipinski definition) is 3. The number of hydrogen-bond donors (Lipinski definition) is 1. The summed E-state index contributed by atoms with van der Waals surface area (Å²) in [5, 5.41) is 13.2. The zero-order chi connectivity index (χ0) is 24.3. The van der Waals surface area contributed by atoms with Gasteiger partial charge in [0.2, 0.25) is 11.8 Å². The van der Waals surface area contributed by atoms with Crippen LogP contribution in [0.25, 0.3) is 0 Å². The number of nitrogens with zero attached hydrogens (tertiary/aromatic N) is 2. The third-order valence-corrected chi connectivity index (χ3v) is 8.21. The van der Waals surface area contributed by atoms with E-state index >= 15 is 0 Å². The summed E-state index contributed by atoms with van der Waals surface area (Å²) in [5.74, 6) is -0.738. The number of allylic oxidation sites excluding steroid dienone is 2. The van der Waals surface area contributed by atoms with E-state index in [1.54, 1.807) is 0 Å². The van der Waals surface area contributed by atoms with Gasteiger partial charge in [-0.05, 0) is 74.1 Å². The van der Waals surface area contributed by atoms with E-state index in [-0.39, 0.29) is 23.7 Å². The summed E-state index contributed by atoms with van der Waals surface area (Å²) in [6, 6.07) is 18.6. The predicted octanol–water partition coefficient (Wildman–Crippen LogP) is 5.17. The number of anilines is 1. The second kappa shape index (κ2) is 10.1. The summed E-state index contributed by atoms with van der Waals surface area (Å²) in [6.45, 7) is 1.09. The van der Waals surface area contributed by atoms with E-state index in [9.17, 15) is 14.9 Å². The average molecular weight is 468 g/mol. The van der Waals surface area contributed by atoms with Crippen LogP contribution in [0.1, 0.15) is 55.2 Å². The second-order valence-corrected chi connectivity index (χ2v) is 10.2. The maximum absolute atomic E-state index is 13.6. The standard InChI is InChI=1S/C30H33N3O2/c31-21-30(23-11-2-1-3-12-23)17-19-33(20-18-30)29(35)26-15-7-6-14-25(26)28(34)32-27-16-8-10-22-9-4-5-13-24(22)27/h1-3,6-8,10-12,16,25-26H,4-5,9,13-15,17-20H2,(H,32,34). The molecular weight excluding hydrogens is 434 g/mol. The molecule has 0 aromatic heterocycles. The highest BCUT2D eigenvalue weighted by Gasteiger charge is 2.41. The molecule has 1 N–H and O–H groups in total. The quantitative estimate of drug-likeness (QED) is 0.631. The molecule has 0 spiro atoms. The highest BCUT2D eigenvalue weighted by atomic mass is 16.2. The Bertz CT molecular complexity index is 1160. The molecule has 2 aromatic rings. The van der Waals surface area contributed by atoms with Crippen LogP contribution in [0.15, 0.2) is 60.7 Å². The van der Waals surface area contributed by atoms with Crippen molar-refractivity contribution >= 4 is 17.5 Å². The van der Waals surface area contributed by atoms with Gasteiger partial charge in [0.05, 0.1) is 23.3 Å². The number of rotatable bonds is 4. The van der Waals surface area contributed by atoms with E-state index in [1.165, 1.54) is 17.5 Å². The Hall–Kier alpha value is -3.39. The van der Waals surface area contributed by atoms with Gasteiger partial charge in [0.25, 0.3) is 0 Å². The van der Waals surface area contributed by atoms with Crippen LogP contribution in [0, 0.1) is 23.2 Å². The van der Waals surface area contributed by atoms with E-state index < -0.39 is 5.41 Å². The number of piperidine rings is 1. The molecule has 5 nitrogen and oxygen atoms in total. The maximum atomic E-state index is 13.6. The Morgan fingerprint density at radius 1 is 0.914 bits per heavy atom. The van der Waals surface area contributed by atoms with Crippen molar-refractivity contribution in [3.63, 3.8) is 0 Å². The number of carbonyl (C=O) groups excluding carboxylic acids is 2. The molecular formula is C30H33N3O2. The van der Waals surface area contributed by atoms with Crippen molar-refractivity contribution < 1.29 is 9.59 Å². The third kappa shape index (κ3) is 4.62. The smallest absolute Gasteiger partial charge is 0.228 e. The Labute approximate surface area is 207 Å². The van der Waals surface area contributed by atoms with Gasteiger partial charge in [-0.2, -0.15) is 5.26 Å². The number of aryl methyl sites for hydroxylation is 1. The minimum Gasteiger partial charge on any atom is -0.342 e. The molecule has 2 aliphatic carbocycles. The first kappa shape index (κ1) is 23.4. The fourth-order valence-corrected chi connectivity index (χ4v) is 6.07. The largest absolute Gasteiger partial charge is 0.342 e. The number of nitrogens with one attached hydrogen (secondary N) is 1. The summed E-state index contributed by atoms with van der Waals surface area (Å²) < 4.78 is 0. The van der Waals surface area contributed by atoms with Crippen LogP contribution in [0.3, 0.4) is 0 Å². The van der Waals surface area contributed by atoms with Gasteiger partial charge in [-0.25, -0.2) is 0 Å². The molecule has 2 atom stereocenters. The number of fused-ring (bicyclic) bond motifs is 1. The minimum atomic E-state index is -0.548. The predicted molar refractivity (Wildman–Crippen MR) is 137 cm³/mol. The molecule has 1 heterocycles. The Morgan fingerprint density at radius 2 is 1.63 bits per heavy atom. The molecule has 3 aliphatic rings. The van der Waals surface area contributed by atoms with Gasteiger partial charge in [-0.1, -0.05) is 54.6 Å². The van der Waals surface area contributed by atoms with Crippen molar-refractivity contribution in [2.45, 2.75) is 56.8 Å². The van der Waals surface area contributed by atoms with E-state index in [0.717, 1.165) is 30.5 Å². The molecule has 35 heavy (non-hydrogen) atoms. The van der Waals surface area contributed by atoms with Crippen LogP contribution < -0.4 is 5.32 Å². The fraction of sp³-hybridized carbons (Fsp3) is 0.433. The molecule has 2 amide bonds. The van der Waals surface area contributed by atoms with E-state index in [2.05, 4.69) is 17.5 Å². The molecule has 0 bridgehead atoms. The zero-order valence-corrected chi connectivity index (χ0v) is 20.2. The lowest BCUT2D eigenvalue weighted by molar-refractivity contribution is -0.142. The molecule has 2 unspecified atom stereocenters. The first-order chi connectivity index (χ1) is 17.1. The summed E-state index contributed by atoms with van der Waals surface area (Å²) >= 11 is 0. The summed E-state index contributed by atoms with van der Waals surface area (Å²) in [4.78, 5) is 28.9. The van der Waals surface area contributed by atoms with Crippen molar-refractivity contribution in [3.05, 3.63) is 77.4 Å². The van der Waals surface area contributed by atoms with Crippen molar-refractivity contribution in [2.24, 2.45) is 11.8 Å². The third-order valence-electron chi connectivity index (χ3n) is 8.21.